The standard InChI is InChI=1S/C29H28O10/c1-11-8-15-20(16(31)9-11)23-24(22-14(6-7-30)29(36)39-28(15)22)27(35)21-13(26(23)34)4-3-5-18(21)38-19-10-17(32)25(33)12(2)37-19/h3-5,8-9,12,14,17,19,22,25,28,30-33H,6-7,10H2,1-2H3. The number of carbonyl (C=O) groups excluding carboxylic acids is 3. The van der Waals surface area contributed by atoms with Gasteiger partial charge in [-0.3, -0.25) is 14.4 Å². The number of Topliss-reactive ketones (excluding diaryl/α,β-unsaturated/α-hetero) is 2. The Morgan fingerprint density at radius 3 is 2.56 bits per heavy atom. The first-order chi connectivity index (χ1) is 18.6. The average Bonchev–Trinajstić information content (AvgIpc) is 3.21. The molecule has 2 aliphatic heterocycles. The van der Waals surface area contributed by atoms with E-state index >= 15 is 0 Å². The lowest BCUT2D eigenvalue weighted by atomic mass is 9.65. The van der Waals surface area contributed by atoms with Crippen LogP contribution in [0.1, 0.15) is 63.3 Å². The Labute approximate surface area is 223 Å². The van der Waals surface area contributed by atoms with Gasteiger partial charge >= 0.3 is 5.97 Å². The summed E-state index contributed by atoms with van der Waals surface area (Å²) in [6, 6.07) is 7.78. The molecule has 0 bridgehead atoms. The molecule has 10 heteroatoms. The molecule has 0 amide bonds. The molecule has 2 aromatic carbocycles. The summed E-state index contributed by atoms with van der Waals surface area (Å²) in [6.07, 6.45) is -4.86. The molecule has 7 atom stereocenters. The predicted octanol–water partition coefficient (Wildman–Crippen LogP) is 2.00. The molecule has 0 radical (unpaired) electrons. The Hall–Kier alpha value is -3.57. The summed E-state index contributed by atoms with van der Waals surface area (Å²) < 4.78 is 17.4. The Bertz CT molecular complexity index is 1430. The van der Waals surface area contributed by atoms with Crippen LogP contribution in [0.5, 0.6) is 11.5 Å². The zero-order valence-corrected chi connectivity index (χ0v) is 21.3. The molecule has 2 aliphatic carbocycles. The third kappa shape index (κ3) is 3.81. The number of hydrogen-bond donors (Lipinski definition) is 4. The maximum Gasteiger partial charge on any atom is 0.310 e. The van der Waals surface area contributed by atoms with Crippen molar-refractivity contribution >= 4 is 23.1 Å². The van der Waals surface area contributed by atoms with Gasteiger partial charge in [-0.15, -0.1) is 0 Å². The van der Waals surface area contributed by atoms with E-state index in [0.717, 1.165) is 0 Å². The number of carbonyl (C=O) groups is 3. The van der Waals surface area contributed by atoms with Gasteiger partial charge in [-0.05, 0) is 38.0 Å². The van der Waals surface area contributed by atoms with Crippen molar-refractivity contribution in [2.24, 2.45) is 11.8 Å². The van der Waals surface area contributed by atoms with Gasteiger partial charge in [0.25, 0.3) is 0 Å². The van der Waals surface area contributed by atoms with Crippen LogP contribution in [0, 0.1) is 18.8 Å². The second-order valence-electron chi connectivity index (χ2n) is 10.6. The molecule has 2 fully saturated rings. The molecular formula is C29H28O10. The summed E-state index contributed by atoms with van der Waals surface area (Å²) in [6.45, 7) is 3.02. The molecule has 4 aliphatic rings. The minimum atomic E-state index is -1.10. The molecule has 39 heavy (non-hydrogen) atoms. The van der Waals surface area contributed by atoms with Crippen molar-refractivity contribution in [1.82, 2.24) is 0 Å². The highest BCUT2D eigenvalue weighted by atomic mass is 16.7. The molecular weight excluding hydrogens is 508 g/mol. The topological polar surface area (TPSA) is 160 Å². The van der Waals surface area contributed by atoms with Gasteiger partial charge in [-0.2, -0.15) is 0 Å². The van der Waals surface area contributed by atoms with E-state index in [1.807, 2.05) is 0 Å². The maximum absolute atomic E-state index is 14.3. The first-order valence-corrected chi connectivity index (χ1v) is 12.9. The fourth-order valence-electron chi connectivity index (χ4n) is 6.35. The third-order valence-electron chi connectivity index (χ3n) is 8.10. The van der Waals surface area contributed by atoms with Crippen LogP contribution in [0.2, 0.25) is 0 Å². The Morgan fingerprint density at radius 1 is 1.08 bits per heavy atom. The smallest absolute Gasteiger partial charge is 0.310 e. The Kier molecular flexibility index (Phi) is 6.11. The average molecular weight is 537 g/mol. The highest BCUT2D eigenvalue weighted by Gasteiger charge is 2.55. The number of aryl methyl sites for hydroxylation is 1. The van der Waals surface area contributed by atoms with Gasteiger partial charge in [0, 0.05) is 46.8 Å². The van der Waals surface area contributed by atoms with Crippen molar-refractivity contribution in [2.75, 3.05) is 6.61 Å². The number of rotatable bonds is 4. The van der Waals surface area contributed by atoms with Crippen LogP contribution < -0.4 is 4.74 Å². The fourth-order valence-corrected chi connectivity index (χ4v) is 6.35. The molecule has 0 saturated carbocycles. The number of ketones is 2. The summed E-state index contributed by atoms with van der Waals surface area (Å²) >= 11 is 0. The van der Waals surface area contributed by atoms with Crippen LogP contribution in [-0.4, -0.2) is 69.2 Å². The predicted molar refractivity (Wildman–Crippen MR) is 134 cm³/mol. The summed E-state index contributed by atoms with van der Waals surface area (Å²) in [4.78, 5) is 41.3. The van der Waals surface area contributed by atoms with E-state index in [1.165, 1.54) is 18.2 Å². The molecule has 10 nitrogen and oxygen atoms in total. The number of allylic oxidation sites excluding steroid dienone is 1. The first-order valence-electron chi connectivity index (χ1n) is 12.9. The number of aromatic hydroxyl groups is 1. The molecule has 6 rings (SSSR count). The highest BCUT2D eigenvalue weighted by molar-refractivity contribution is 6.42. The number of ether oxygens (including phenoxy) is 3. The number of aliphatic hydroxyl groups is 3. The lowest BCUT2D eigenvalue weighted by Gasteiger charge is -2.37. The molecule has 2 saturated heterocycles. The van der Waals surface area contributed by atoms with Gasteiger partial charge in [0.05, 0.1) is 23.7 Å². The lowest BCUT2D eigenvalue weighted by Crippen LogP contribution is -2.48. The molecule has 7 unspecified atom stereocenters. The van der Waals surface area contributed by atoms with E-state index in [1.54, 1.807) is 26.0 Å². The molecule has 2 aromatic rings. The monoisotopic (exact) mass is 536 g/mol. The minimum absolute atomic E-state index is 0.0146. The SMILES string of the molecule is Cc1cc(O)c2c(c1)C1OC(=O)C(CCO)C1C1=C2C(=O)c2cccc(OC3CC(O)C(O)C(C)O3)c2C1=O. The van der Waals surface area contributed by atoms with E-state index < -0.39 is 60.1 Å². The lowest BCUT2D eigenvalue weighted by molar-refractivity contribution is -0.216. The second kappa shape index (κ2) is 9.27. The van der Waals surface area contributed by atoms with Crippen LogP contribution in [0.15, 0.2) is 35.9 Å². The van der Waals surface area contributed by atoms with E-state index in [9.17, 15) is 34.8 Å². The normalized spacial score (nSPS) is 31.3. The summed E-state index contributed by atoms with van der Waals surface area (Å²) in [7, 11) is 0. The Balaban J connectivity index is 1.51. The first kappa shape index (κ1) is 25.7. The number of hydrogen-bond acceptors (Lipinski definition) is 10. The van der Waals surface area contributed by atoms with E-state index in [0.29, 0.717) is 11.1 Å². The number of phenolic OH excluding ortho intramolecular Hbond substituents is 1. The van der Waals surface area contributed by atoms with Crippen molar-refractivity contribution in [3.05, 3.63) is 63.7 Å². The summed E-state index contributed by atoms with van der Waals surface area (Å²) in [5.41, 5.74) is 1.39. The number of aliphatic hydroxyl groups excluding tert-OH is 3. The van der Waals surface area contributed by atoms with Crippen molar-refractivity contribution in [1.29, 1.82) is 0 Å². The van der Waals surface area contributed by atoms with Gasteiger partial charge in [-0.1, -0.05) is 18.2 Å². The van der Waals surface area contributed by atoms with Crippen molar-refractivity contribution in [3.8, 4) is 11.5 Å². The number of benzene rings is 2. The number of esters is 1. The summed E-state index contributed by atoms with van der Waals surface area (Å²) in [5.74, 6) is -3.53. The van der Waals surface area contributed by atoms with Crippen molar-refractivity contribution < 1.29 is 49.0 Å². The van der Waals surface area contributed by atoms with E-state index in [4.69, 9.17) is 14.2 Å². The third-order valence-corrected chi connectivity index (χ3v) is 8.10. The van der Waals surface area contributed by atoms with Crippen LogP contribution in [0.4, 0.5) is 0 Å². The highest BCUT2D eigenvalue weighted by Crippen LogP contribution is 2.57. The van der Waals surface area contributed by atoms with Crippen molar-refractivity contribution in [2.45, 2.75) is 57.4 Å². The van der Waals surface area contributed by atoms with Crippen molar-refractivity contribution in [3.63, 3.8) is 0 Å². The van der Waals surface area contributed by atoms with Crippen LogP contribution in [0.25, 0.3) is 5.57 Å². The molecule has 0 aromatic heterocycles. The van der Waals surface area contributed by atoms with Crippen LogP contribution in [0.3, 0.4) is 0 Å². The van der Waals surface area contributed by atoms with E-state index in [-0.39, 0.29) is 58.8 Å². The minimum Gasteiger partial charge on any atom is -0.507 e. The Morgan fingerprint density at radius 2 is 1.85 bits per heavy atom. The molecule has 0 spiro atoms. The zero-order chi connectivity index (χ0) is 27.7. The van der Waals surface area contributed by atoms with Gasteiger partial charge in [0.15, 0.2) is 11.6 Å². The van der Waals surface area contributed by atoms with Crippen LogP contribution >= 0.6 is 0 Å². The van der Waals surface area contributed by atoms with Gasteiger partial charge in [0.1, 0.15) is 23.7 Å². The van der Waals surface area contributed by atoms with Gasteiger partial charge in [0.2, 0.25) is 6.29 Å². The molecule has 204 valence electrons. The van der Waals surface area contributed by atoms with Crippen LogP contribution in [-0.2, 0) is 14.3 Å². The quantitative estimate of drug-likeness (QED) is 0.426. The fraction of sp³-hybridized carbons (Fsp3) is 0.414. The van der Waals surface area contributed by atoms with E-state index in [2.05, 4.69) is 0 Å². The summed E-state index contributed by atoms with van der Waals surface area (Å²) in [5, 5.41) is 40.9. The number of fused-ring (bicyclic) bond motifs is 6. The molecule has 2 heterocycles. The second-order valence-corrected chi connectivity index (χ2v) is 10.6. The molecule has 4 N–H and O–H groups in total. The largest absolute Gasteiger partial charge is 0.507 e. The number of phenols is 1. The maximum atomic E-state index is 14.3. The van der Waals surface area contributed by atoms with Gasteiger partial charge < -0.3 is 34.6 Å². The van der Waals surface area contributed by atoms with Gasteiger partial charge in [-0.25, -0.2) is 0 Å². The zero-order valence-electron chi connectivity index (χ0n) is 21.3.